The highest BCUT2D eigenvalue weighted by molar-refractivity contribution is 7.85. The average molecular weight is 273 g/mol. The van der Waals surface area contributed by atoms with Gasteiger partial charge >= 0.3 is 5.97 Å². The Balaban J connectivity index is 2.07. The molecule has 4 nitrogen and oxygen atoms in total. The van der Waals surface area contributed by atoms with Gasteiger partial charge in [0.05, 0.1) is 5.25 Å². The molecule has 2 rings (SSSR count). The predicted octanol–water partition coefficient (Wildman–Crippen LogP) is 1.37. The van der Waals surface area contributed by atoms with Crippen molar-refractivity contribution in [2.75, 3.05) is 5.75 Å². The quantitative estimate of drug-likeness (QED) is 0.757. The highest BCUT2D eigenvalue weighted by atomic mass is 32.2. The maximum absolute atomic E-state index is 12.2. The normalized spacial score (nSPS) is 41.2. The van der Waals surface area contributed by atoms with Crippen LogP contribution in [-0.2, 0) is 15.6 Å². The number of nitrogens with one attached hydrogen (secondary N) is 1. The van der Waals surface area contributed by atoms with Crippen LogP contribution in [0.4, 0.5) is 0 Å². The number of aliphatic carboxylic acids is 1. The second-order valence-corrected chi connectivity index (χ2v) is 8.33. The Kier molecular flexibility index (Phi) is 3.83. The van der Waals surface area contributed by atoms with E-state index < -0.39 is 22.8 Å². The second-order valence-electron chi connectivity index (χ2n) is 6.63. The number of carbonyl (C=O) groups is 1. The number of carboxylic acids is 1. The monoisotopic (exact) mass is 273 g/mol. The summed E-state index contributed by atoms with van der Waals surface area (Å²) in [5, 5.41) is 12.3. The van der Waals surface area contributed by atoms with Crippen LogP contribution in [0, 0.1) is 11.3 Å². The molecule has 5 atom stereocenters. The summed E-state index contributed by atoms with van der Waals surface area (Å²) in [7, 11) is -1.01. The lowest BCUT2D eigenvalue weighted by molar-refractivity contribution is -0.139. The Labute approximate surface area is 111 Å². The van der Waals surface area contributed by atoms with E-state index >= 15 is 0 Å². The van der Waals surface area contributed by atoms with Crippen molar-refractivity contribution in [2.24, 2.45) is 11.3 Å². The van der Waals surface area contributed by atoms with Gasteiger partial charge in [0.1, 0.15) is 6.04 Å². The number of hydrogen-bond donors (Lipinski definition) is 2. The zero-order chi connectivity index (χ0) is 13.5. The van der Waals surface area contributed by atoms with Crippen LogP contribution in [0.3, 0.4) is 0 Å². The lowest BCUT2D eigenvalue weighted by Crippen LogP contribution is -2.60. The van der Waals surface area contributed by atoms with Gasteiger partial charge in [-0.3, -0.25) is 14.3 Å². The number of carboxylic acid groups (broad SMARTS) is 1. The average Bonchev–Trinajstić information content (AvgIpc) is 2.27. The van der Waals surface area contributed by atoms with Gasteiger partial charge < -0.3 is 5.11 Å². The van der Waals surface area contributed by atoms with Crippen molar-refractivity contribution in [1.29, 1.82) is 0 Å². The van der Waals surface area contributed by atoms with E-state index in [4.69, 9.17) is 5.11 Å². The van der Waals surface area contributed by atoms with Crippen LogP contribution in [0.2, 0.25) is 0 Å². The van der Waals surface area contributed by atoms with Crippen molar-refractivity contribution in [1.82, 2.24) is 5.32 Å². The molecule has 1 aliphatic heterocycles. The molecule has 0 aromatic rings. The van der Waals surface area contributed by atoms with Crippen LogP contribution in [0.15, 0.2) is 0 Å². The molecule has 5 heteroatoms. The van der Waals surface area contributed by atoms with Gasteiger partial charge in [0.25, 0.3) is 0 Å². The van der Waals surface area contributed by atoms with Gasteiger partial charge in [-0.05, 0) is 30.6 Å². The van der Waals surface area contributed by atoms with E-state index in [9.17, 15) is 9.00 Å². The maximum atomic E-state index is 12.2. The van der Waals surface area contributed by atoms with Crippen molar-refractivity contribution in [3.05, 3.63) is 0 Å². The zero-order valence-corrected chi connectivity index (χ0v) is 12.1. The van der Waals surface area contributed by atoms with Crippen LogP contribution in [0.5, 0.6) is 0 Å². The Bertz CT molecular complexity index is 364. The van der Waals surface area contributed by atoms with Crippen molar-refractivity contribution in [3.8, 4) is 0 Å². The van der Waals surface area contributed by atoms with E-state index in [1.807, 2.05) is 0 Å². The number of hydrogen-bond acceptors (Lipinski definition) is 3. The van der Waals surface area contributed by atoms with E-state index in [0.29, 0.717) is 5.92 Å². The zero-order valence-electron chi connectivity index (χ0n) is 11.3. The topological polar surface area (TPSA) is 66.4 Å². The van der Waals surface area contributed by atoms with Crippen LogP contribution in [0.25, 0.3) is 0 Å². The molecule has 18 heavy (non-hydrogen) atoms. The summed E-state index contributed by atoms with van der Waals surface area (Å²) in [4.78, 5) is 11.0. The van der Waals surface area contributed by atoms with Gasteiger partial charge in [0.2, 0.25) is 0 Å². The Morgan fingerprint density at radius 3 is 2.56 bits per heavy atom. The van der Waals surface area contributed by atoms with E-state index in [-0.39, 0.29) is 22.5 Å². The predicted molar refractivity (Wildman–Crippen MR) is 71.9 cm³/mol. The lowest BCUT2D eigenvalue weighted by Gasteiger charge is -2.44. The first-order valence-electron chi connectivity index (χ1n) is 6.65. The molecule has 0 aromatic heterocycles. The van der Waals surface area contributed by atoms with E-state index in [1.54, 1.807) is 0 Å². The van der Waals surface area contributed by atoms with Gasteiger partial charge in [-0.25, -0.2) is 0 Å². The molecule has 1 saturated heterocycles. The molecule has 0 radical (unpaired) electrons. The van der Waals surface area contributed by atoms with Gasteiger partial charge in [0, 0.05) is 22.6 Å². The van der Waals surface area contributed by atoms with Gasteiger partial charge in [-0.1, -0.05) is 20.8 Å². The molecule has 0 amide bonds. The Hall–Kier alpha value is -0.420. The molecule has 5 unspecified atom stereocenters. The molecule has 0 spiro atoms. The fraction of sp³-hybridized carbons (Fsp3) is 0.923. The molecule has 0 bridgehead atoms. The molecule has 1 heterocycles. The molecule has 1 aliphatic carbocycles. The third kappa shape index (κ3) is 2.77. The van der Waals surface area contributed by atoms with Crippen LogP contribution < -0.4 is 5.32 Å². The highest BCUT2D eigenvalue weighted by Crippen LogP contribution is 2.40. The van der Waals surface area contributed by atoms with Gasteiger partial charge in [-0.2, -0.15) is 0 Å². The molecule has 2 N–H and O–H groups in total. The van der Waals surface area contributed by atoms with Crippen molar-refractivity contribution >= 4 is 16.8 Å². The second kappa shape index (κ2) is 4.93. The smallest absolute Gasteiger partial charge is 0.321 e. The minimum atomic E-state index is -1.01. The first-order valence-corrected chi connectivity index (χ1v) is 8.03. The number of fused-ring (bicyclic) bond motifs is 1. The highest BCUT2D eigenvalue weighted by Gasteiger charge is 2.43. The summed E-state index contributed by atoms with van der Waals surface area (Å²) in [6, 6.07) is -0.502. The largest absolute Gasteiger partial charge is 0.480 e. The summed E-state index contributed by atoms with van der Waals surface area (Å²) in [5.74, 6) is -0.0292. The minimum Gasteiger partial charge on any atom is -0.480 e. The SMILES string of the molecule is CC(C)(C)C1CCC2NC(C(=O)O)CS(=O)C2C1. The first-order chi connectivity index (χ1) is 8.29. The molecule has 104 valence electrons. The van der Waals surface area contributed by atoms with E-state index in [1.165, 1.54) is 0 Å². The van der Waals surface area contributed by atoms with Crippen molar-refractivity contribution in [3.63, 3.8) is 0 Å². The van der Waals surface area contributed by atoms with E-state index in [2.05, 4.69) is 26.1 Å². The fourth-order valence-electron chi connectivity index (χ4n) is 3.13. The molecule has 2 fully saturated rings. The lowest BCUT2D eigenvalue weighted by atomic mass is 9.71. The molecule has 0 aromatic carbocycles. The van der Waals surface area contributed by atoms with Crippen molar-refractivity contribution in [2.45, 2.75) is 57.4 Å². The summed E-state index contributed by atoms with van der Waals surface area (Å²) in [6.07, 6.45) is 3.00. The summed E-state index contributed by atoms with van der Waals surface area (Å²) >= 11 is 0. The summed E-state index contributed by atoms with van der Waals surface area (Å²) in [5.41, 5.74) is 0.249. The number of rotatable bonds is 1. The van der Waals surface area contributed by atoms with Crippen LogP contribution in [0.1, 0.15) is 40.0 Å². The van der Waals surface area contributed by atoms with Crippen LogP contribution in [-0.4, -0.2) is 38.4 Å². The molecule has 1 saturated carbocycles. The Morgan fingerprint density at radius 2 is 2.00 bits per heavy atom. The third-order valence-electron chi connectivity index (χ3n) is 4.40. The van der Waals surface area contributed by atoms with E-state index in [0.717, 1.165) is 19.3 Å². The van der Waals surface area contributed by atoms with Gasteiger partial charge in [-0.15, -0.1) is 0 Å². The summed E-state index contributed by atoms with van der Waals surface area (Å²) in [6.45, 7) is 6.70. The minimum absolute atomic E-state index is 0.124. The van der Waals surface area contributed by atoms with Crippen LogP contribution >= 0.6 is 0 Å². The standard InChI is InChI=1S/C13H23NO3S/c1-13(2,3)8-4-5-9-11(6-8)18(17)7-10(14-9)12(15)16/h8-11,14H,4-7H2,1-3H3,(H,15,16). The fourth-order valence-corrected chi connectivity index (χ4v) is 4.98. The Morgan fingerprint density at radius 1 is 1.33 bits per heavy atom. The molecule has 2 aliphatic rings. The third-order valence-corrected chi connectivity index (χ3v) is 6.26. The maximum Gasteiger partial charge on any atom is 0.321 e. The molecular formula is C13H23NO3S. The van der Waals surface area contributed by atoms with Crippen molar-refractivity contribution < 1.29 is 14.1 Å². The first kappa shape index (κ1) is 14.0. The van der Waals surface area contributed by atoms with Gasteiger partial charge in [0.15, 0.2) is 0 Å². The summed E-state index contributed by atoms with van der Waals surface area (Å²) < 4.78 is 12.2. The molecular weight excluding hydrogens is 250 g/mol.